The molecule has 0 saturated heterocycles. The number of nitrogens with zero attached hydrogens (tertiary/aromatic N) is 1. The highest BCUT2D eigenvalue weighted by atomic mass is 35.5. The van der Waals surface area contributed by atoms with Crippen molar-refractivity contribution in [2.45, 2.75) is 13.0 Å². The van der Waals surface area contributed by atoms with Gasteiger partial charge in [0.05, 0.1) is 15.2 Å². The molecule has 4 heteroatoms. The Morgan fingerprint density at radius 3 is 2.68 bits per heavy atom. The first-order valence-electron chi connectivity index (χ1n) is 6.08. The molecule has 19 heavy (non-hydrogen) atoms. The number of aromatic nitrogens is 1. The van der Waals surface area contributed by atoms with Crippen molar-refractivity contribution in [1.29, 1.82) is 0 Å². The molecule has 0 bridgehead atoms. The van der Waals surface area contributed by atoms with Gasteiger partial charge in [-0.3, -0.25) is 0 Å². The maximum absolute atomic E-state index is 6.00. The van der Waals surface area contributed by atoms with Crippen LogP contribution < -0.4 is 5.73 Å². The van der Waals surface area contributed by atoms with Gasteiger partial charge in [0.2, 0.25) is 0 Å². The highest BCUT2D eigenvalue weighted by molar-refractivity contribution is 7.18. The van der Waals surface area contributed by atoms with Crippen molar-refractivity contribution in [1.82, 2.24) is 4.98 Å². The molecule has 2 nitrogen and oxygen atoms in total. The van der Waals surface area contributed by atoms with Crippen LogP contribution in [0.4, 0.5) is 0 Å². The Labute approximate surface area is 120 Å². The standard InChI is InChI=1S/C15H13ClN2S/c16-12-5-6-13-14(8-12)19-15(18-13)7-10-3-1-2-4-11(10)9-17/h1-6,8H,7,9,17H2. The molecule has 0 fully saturated rings. The number of rotatable bonds is 3. The number of halogens is 1. The van der Waals surface area contributed by atoms with E-state index in [2.05, 4.69) is 17.1 Å². The molecule has 0 amide bonds. The molecule has 2 N–H and O–H groups in total. The van der Waals surface area contributed by atoms with Crippen LogP contribution in [0.5, 0.6) is 0 Å². The summed E-state index contributed by atoms with van der Waals surface area (Å²) in [5.74, 6) is 0. The van der Waals surface area contributed by atoms with Crippen molar-refractivity contribution in [3.8, 4) is 0 Å². The van der Waals surface area contributed by atoms with E-state index in [4.69, 9.17) is 17.3 Å². The van der Waals surface area contributed by atoms with Gasteiger partial charge in [0.15, 0.2) is 0 Å². The van der Waals surface area contributed by atoms with Crippen LogP contribution in [0.25, 0.3) is 10.2 Å². The Bertz CT molecular complexity index is 721. The average molecular weight is 289 g/mol. The van der Waals surface area contributed by atoms with Crippen LogP contribution in [0.2, 0.25) is 5.02 Å². The van der Waals surface area contributed by atoms with Gasteiger partial charge in [-0.1, -0.05) is 35.9 Å². The van der Waals surface area contributed by atoms with E-state index < -0.39 is 0 Å². The predicted molar refractivity (Wildman–Crippen MR) is 81.8 cm³/mol. The van der Waals surface area contributed by atoms with Crippen molar-refractivity contribution in [2.24, 2.45) is 5.73 Å². The molecule has 0 atom stereocenters. The minimum absolute atomic E-state index is 0.562. The predicted octanol–water partition coefficient (Wildman–Crippen LogP) is 4.00. The molecule has 3 aromatic rings. The quantitative estimate of drug-likeness (QED) is 0.791. The lowest BCUT2D eigenvalue weighted by molar-refractivity contribution is 1.01. The van der Waals surface area contributed by atoms with Crippen molar-refractivity contribution in [3.63, 3.8) is 0 Å². The van der Waals surface area contributed by atoms with Crippen molar-refractivity contribution in [2.75, 3.05) is 0 Å². The van der Waals surface area contributed by atoms with E-state index in [1.165, 1.54) is 11.1 Å². The molecule has 3 rings (SSSR count). The SMILES string of the molecule is NCc1ccccc1Cc1nc2ccc(Cl)cc2s1. The van der Waals surface area contributed by atoms with Crippen LogP contribution in [0.15, 0.2) is 42.5 Å². The molecule has 96 valence electrons. The summed E-state index contributed by atoms with van der Waals surface area (Å²) < 4.78 is 1.13. The van der Waals surface area contributed by atoms with Crippen molar-refractivity contribution in [3.05, 3.63) is 63.6 Å². The summed E-state index contributed by atoms with van der Waals surface area (Å²) in [5, 5.41) is 1.85. The minimum atomic E-state index is 0.562. The summed E-state index contributed by atoms with van der Waals surface area (Å²) in [6.45, 7) is 0.562. The second kappa shape index (κ2) is 5.29. The molecule has 0 aliphatic rings. The molecular formula is C15H13ClN2S. The lowest BCUT2D eigenvalue weighted by Crippen LogP contribution is -2.01. The summed E-state index contributed by atoms with van der Waals surface area (Å²) in [7, 11) is 0. The van der Waals surface area contributed by atoms with Crippen LogP contribution in [-0.2, 0) is 13.0 Å². The maximum Gasteiger partial charge on any atom is 0.0982 e. The zero-order valence-electron chi connectivity index (χ0n) is 10.3. The molecule has 0 unspecified atom stereocenters. The minimum Gasteiger partial charge on any atom is -0.326 e. The first-order chi connectivity index (χ1) is 9.26. The monoisotopic (exact) mass is 288 g/mol. The van der Waals surface area contributed by atoms with Crippen molar-refractivity contribution < 1.29 is 0 Å². The fraction of sp³-hybridized carbons (Fsp3) is 0.133. The summed E-state index contributed by atoms with van der Waals surface area (Å²) in [6.07, 6.45) is 0.824. The van der Waals surface area contributed by atoms with Gasteiger partial charge in [0.1, 0.15) is 0 Å². The Morgan fingerprint density at radius 2 is 1.89 bits per heavy atom. The molecule has 1 aromatic heterocycles. The Hall–Kier alpha value is -1.42. The summed E-state index contributed by atoms with van der Waals surface area (Å²) in [4.78, 5) is 4.64. The third kappa shape index (κ3) is 2.63. The molecule has 1 heterocycles. The fourth-order valence-electron chi connectivity index (χ4n) is 2.11. The topological polar surface area (TPSA) is 38.9 Å². The molecular weight excluding hydrogens is 276 g/mol. The van der Waals surface area contributed by atoms with Gasteiger partial charge in [-0.2, -0.15) is 0 Å². The highest BCUT2D eigenvalue weighted by Gasteiger charge is 2.07. The zero-order chi connectivity index (χ0) is 13.2. The lowest BCUT2D eigenvalue weighted by Gasteiger charge is -2.04. The van der Waals surface area contributed by atoms with E-state index in [9.17, 15) is 0 Å². The Morgan fingerprint density at radius 1 is 1.11 bits per heavy atom. The highest BCUT2D eigenvalue weighted by Crippen LogP contribution is 2.27. The first kappa shape index (κ1) is 12.6. The van der Waals surface area contributed by atoms with Gasteiger partial charge in [0, 0.05) is 18.0 Å². The molecule has 0 aliphatic heterocycles. The van der Waals surface area contributed by atoms with Gasteiger partial charge >= 0.3 is 0 Å². The first-order valence-corrected chi connectivity index (χ1v) is 7.27. The average Bonchev–Trinajstić information content (AvgIpc) is 2.80. The van der Waals surface area contributed by atoms with Gasteiger partial charge in [-0.05, 0) is 29.3 Å². The Balaban J connectivity index is 1.96. The largest absolute Gasteiger partial charge is 0.326 e. The molecule has 0 saturated carbocycles. The third-order valence-corrected chi connectivity index (χ3v) is 4.33. The lowest BCUT2D eigenvalue weighted by atomic mass is 10.1. The number of nitrogens with two attached hydrogens (primary N) is 1. The van der Waals surface area contributed by atoms with Crippen LogP contribution >= 0.6 is 22.9 Å². The second-order valence-electron chi connectivity index (χ2n) is 4.37. The van der Waals surface area contributed by atoms with Crippen LogP contribution in [0, 0.1) is 0 Å². The van der Waals surface area contributed by atoms with E-state index in [1.54, 1.807) is 11.3 Å². The van der Waals surface area contributed by atoms with E-state index in [1.807, 2.05) is 30.3 Å². The van der Waals surface area contributed by atoms with E-state index in [0.717, 1.165) is 26.7 Å². The smallest absolute Gasteiger partial charge is 0.0982 e. The second-order valence-corrected chi connectivity index (χ2v) is 5.92. The fourth-order valence-corrected chi connectivity index (χ4v) is 3.38. The third-order valence-electron chi connectivity index (χ3n) is 3.07. The van der Waals surface area contributed by atoms with Crippen LogP contribution in [-0.4, -0.2) is 4.98 Å². The normalized spacial score (nSPS) is 11.1. The number of thiazole rings is 1. The van der Waals surface area contributed by atoms with E-state index >= 15 is 0 Å². The van der Waals surface area contributed by atoms with Crippen LogP contribution in [0.1, 0.15) is 16.1 Å². The number of fused-ring (bicyclic) bond motifs is 1. The molecule has 0 aliphatic carbocycles. The van der Waals surface area contributed by atoms with Gasteiger partial charge in [-0.25, -0.2) is 4.98 Å². The number of hydrogen-bond acceptors (Lipinski definition) is 3. The van der Waals surface area contributed by atoms with E-state index in [0.29, 0.717) is 6.54 Å². The Kier molecular flexibility index (Phi) is 3.51. The summed E-state index contributed by atoms with van der Waals surface area (Å²) >= 11 is 7.69. The van der Waals surface area contributed by atoms with Gasteiger partial charge in [-0.15, -0.1) is 11.3 Å². The summed E-state index contributed by atoms with van der Waals surface area (Å²) in [5.41, 5.74) is 9.20. The maximum atomic E-state index is 6.00. The van der Waals surface area contributed by atoms with Crippen molar-refractivity contribution >= 4 is 33.2 Å². The number of benzene rings is 2. The molecule has 0 radical (unpaired) electrons. The molecule has 2 aromatic carbocycles. The number of hydrogen-bond donors (Lipinski definition) is 1. The van der Waals surface area contributed by atoms with E-state index in [-0.39, 0.29) is 0 Å². The van der Waals surface area contributed by atoms with Gasteiger partial charge < -0.3 is 5.73 Å². The molecule has 0 spiro atoms. The summed E-state index contributed by atoms with van der Waals surface area (Å²) in [6, 6.07) is 14.0. The zero-order valence-corrected chi connectivity index (χ0v) is 11.8. The van der Waals surface area contributed by atoms with Crippen LogP contribution in [0.3, 0.4) is 0 Å². The van der Waals surface area contributed by atoms with Gasteiger partial charge in [0.25, 0.3) is 0 Å².